The molecule has 0 unspecified atom stereocenters. The van der Waals surface area contributed by atoms with Crippen LogP contribution in [-0.2, 0) is 17.8 Å². The first-order chi connectivity index (χ1) is 9.22. The molecule has 0 bridgehead atoms. The molecule has 0 radical (unpaired) electrons. The fraction of sp³-hybridized carbons (Fsp3) is 0.333. The fourth-order valence-corrected chi connectivity index (χ4v) is 1.91. The van der Waals surface area contributed by atoms with Crippen LogP contribution in [0.4, 0.5) is 5.82 Å². The van der Waals surface area contributed by atoms with Gasteiger partial charge in [0.2, 0.25) is 0 Å². The molecule has 0 N–H and O–H groups in total. The van der Waals surface area contributed by atoms with Gasteiger partial charge in [0.25, 0.3) is 0 Å². The van der Waals surface area contributed by atoms with Crippen LogP contribution in [0.2, 0.25) is 0 Å². The molecule has 100 valence electrons. The van der Waals surface area contributed by atoms with Crippen LogP contribution in [0.25, 0.3) is 0 Å². The summed E-state index contributed by atoms with van der Waals surface area (Å²) in [5, 5.41) is 1.78. The van der Waals surface area contributed by atoms with Crippen LogP contribution in [0.3, 0.4) is 0 Å². The van der Waals surface area contributed by atoms with Crippen LogP contribution in [0, 0.1) is 6.92 Å². The van der Waals surface area contributed by atoms with E-state index in [1.54, 1.807) is 12.2 Å². The second-order valence-electron chi connectivity index (χ2n) is 4.32. The van der Waals surface area contributed by atoms with E-state index in [-0.39, 0.29) is 0 Å². The van der Waals surface area contributed by atoms with E-state index in [0.29, 0.717) is 6.54 Å². The van der Waals surface area contributed by atoms with Gasteiger partial charge in [0.05, 0.1) is 13.7 Å². The average Bonchev–Trinajstić information content (AvgIpc) is 2.45. The molecule has 0 saturated heterocycles. The van der Waals surface area contributed by atoms with Crippen molar-refractivity contribution in [2.24, 2.45) is 0 Å². The van der Waals surface area contributed by atoms with Crippen molar-refractivity contribution in [1.29, 1.82) is 0 Å². The molecule has 0 aliphatic rings. The first-order valence-corrected chi connectivity index (χ1v) is 6.43. The van der Waals surface area contributed by atoms with Crippen LogP contribution in [0.5, 0.6) is 0 Å². The Morgan fingerprint density at radius 1 is 1.16 bits per heavy atom. The number of nitrogens with zero attached hydrogens (tertiary/aromatic N) is 3. The third kappa shape index (κ3) is 3.51. The first-order valence-electron chi connectivity index (χ1n) is 6.43. The fourth-order valence-electron chi connectivity index (χ4n) is 1.91. The van der Waals surface area contributed by atoms with Crippen molar-refractivity contribution in [3.8, 4) is 0 Å². The topological polar surface area (TPSA) is 38.2 Å². The van der Waals surface area contributed by atoms with Gasteiger partial charge in [-0.3, -0.25) is 4.84 Å². The van der Waals surface area contributed by atoms with Gasteiger partial charge in [0, 0.05) is 11.8 Å². The Balaban J connectivity index is 2.24. The van der Waals surface area contributed by atoms with Crippen molar-refractivity contribution in [1.82, 2.24) is 9.97 Å². The van der Waals surface area contributed by atoms with Crippen LogP contribution in [0.15, 0.2) is 36.4 Å². The Kier molecular flexibility index (Phi) is 4.47. The van der Waals surface area contributed by atoms with Gasteiger partial charge in [0.15, 0.2) is 5.82 Å². The molecule has 0 aliphatic heterocycles. The first kappa shape index (κ1) is 13.5. The van der Waals surface area contributed by atoms with Crippen LogP contribution >= 0.6 is 0 Å². The lowest BCUT2D eigenvalue weighted by atomic mass is 10.2. The Bertz CT molecular complexity index is 528. The minimum atomic E-state index is 0.664. The summed E-state index contributed by atoms with van der Waals surface area (Å²) in [5.74, 6) is 1.57. The van der Waals surface area contributed by atoms with Crippen LogP contribution < -0.4 is 5.06 Å². The number of anilines is 1. The molecule has 2 rings (SSSR count). The minimum Gasteiger partial charge on any atom is -0.275 e. The standard InChI is InChI=1S/C15H19N3O/c1-4-14-10-15(17-12(2)16-14)18(19-3)11-13-8-6-5-7-9-13/h5-10H,4,11H2,1-3H3. The number of aromatic nitrogens is 2. The summed E-state index contributed by atoms with van der Waals surface area (Å²) in [5.41, 5.74) is 2.20. The van der Waals surface area contributed by atoms with Gasteiger partial charge in [-0.1, -0.05) is 37.3 Å². The third-order valence-electron chi connectivity index (χ3n) is 2.88. The highest BCUT2D eigenvalue weighted by molar-refractivity contribution is 5.38. The second kappa shape index (κ2) is 6.29. The summed E-state index contributed by atoms with van der Waals surface area (Å²) in [7, 11) is 1.66. The number of aryl methyl sites for hydroxylation is 2. The number of hydrogen-bond acceptors (Lipinski definition) is 4. The molecule has 4 nitrogen and oxygen atoms in total. The second-order valence-corrected chi connectivity index (χ2v) is 4.32. The summed E-state index contributed by atoms with van der Waals surface area (Å²) in [4.78, 5) is 14.3. The van der Waals surface area contributed by atoms with Gasteiger partial charge < -0.3 is 0 Å². The van der Waals surface area contributed by atoms with E-state index in [2.05, 4.69) is 29.0 Å². The van der Waals surface area contributed by atoms with E-state index in [0.717, 1.165) is 23.8 Å². The molecule has 4 heteroatoms. The largest absolute Gasteiger partial charge is 0.275 e. The molecule has 0 saturated carbocycles. The maximum Gasteiger partial charge on any atom is 0.156 e. The highest BCUT2D eigenvalue weighted by Gasteiger charge is 2.10. The monoisotopic (exact) mass is 257 g/mol. The summed E-state index contributed by atoms with van der Waals surface area (Å²) < 4.78 is 0. The molecule has 2 aromatic rings. The predicted molar refractivity (Wildman–Crippen MR) is 75.8 cm³/mol. The molecule has 1 aromatic heterocycles. The molecule has 19 heavy (non-hydrogen) atoms. The molecule has 1 heterocycles. The third-order valence-corrected chi connectivity index (χ3v) is 2.88. The molecular formula is C15H19N3O. The van der Waals surface area contributed by atoms with Gasteiger partial charge in [-0.2, -0.15) is 0 Å². The van der Waals surface area contributed by atoms with Crippen molar-refractivity contribution in [2.75, 3.05) is 12.2 Å². The van der Waals surface area contributed by atoms with Gasteiger partial charge in [-0.05, 0) is 18.9 Å². The Labute approximate surface area is 114 Å². The van der Waals surface area contributed by atoms with E-state index < -0.39 is 0 Å². The Morgan fingerprint density at radius 2 is 1.89 bits per heavy atom. The van der Waals surface area contributed by atoms with Crippen molar-refractivity contribution < 1.29 is 4.84 Å². The molecule has 1 aromatic carbocycles. The van der Waals surface area contributed by atoms with Crippen molar-refractivity contribution in [3.05, 3.63) is 53.5 Å². The number of hydroxylamine groups is 1. The predicted octanol–water partition coefficient (Wildman–Crippen LogP) is 2.92. The summed E-state index contributed by atoms with van der Waals surface area (Å²) >= 11 is 0. The lowest BCUT2D eigenvalue weighted by Gasteiger charge is -2.21. The van der Waals surface area contributed by atoms with E-state index >= 15 is 0 Å². The van der Waals surface area contributed by atoms with Crippen LogP contribution in [0.1, 0.15) is 24.0 Å². The highest BCUT2D eigenvalue weighted by Crippen LogP contribution is 2.16. The van der Waals surface area contributed by atoms with E-state index in [9.17, 15) is 0 Å². The molecule has 0 atom stereocenters. The molecule has 0 aliphatic carbocycles. The minimum absolute atomic E-state index is 0.664. The van der Waals surface area contributed by atoms with Crippen molar-refractivity contribution in [3.63, 3.8) is 0 Å². The SMILES string of the molecule is CCc1cc(N(Cc2ccccc2)OC)nc(C)n1. The number of rotatable bonds is 5. The van der Waals surface area contributed by atoms with E-state index in [1.807, 2.05) is 31.2 Å². The normalized spacial score (nSPS) is 10.5. The average molecular weight is 257 g/mol. The zero-order valence-electron chi connectivity index (χ0n) is 11.6. The highest BCUT2D eigenvalue weighted by atomic mass is 16.7. The number of benzene rings is 1. The summed E-state index contributed by atoms with van der Waals surface area (Å²) in [6.07, 6.45) is 0.888. The van der Waals surface area contributed by atoms with Crippen molar-refractivity contribution >= 4 is 5.82 Å². The maximum atomic E-state index is 5.44. The van der Waals surface area contributed by atoms with Crippen molar-refractivity contribution in [2.45, 2.75) is 26.8 Å². The Hall–Kier alpha value is -1.94. The van der Waals surface area contributed by atoms with E-state index in [1.165, 1.54) is 5.56 Å². The number of hydrogen-bond donors (Lipinski definition) is 0. The zero-order chi connectivity index (χ0) is 13.7. The zero-order valence-corrected chi connectivity index (χ0v) is 11.6. The maximum absolute atomic E-state index is 5.44. The van der Waals surface area contributed by atoms with Crippen LogP contribution in [-0.4, -0.2) is 17.1 Å². The molecular weight excluding hydrogens is 238 g/mol. The lowest BCUT2D eigenvalue weighted by molar-refractivity contribution is 0.160. The Morgan fingerprint density at radius 3 is 2.53 bits per heavy atom. The molecule has 0 amide bonds. The lowest BCUT2D eigenvalue weighted by Crippen LogP contribution is -2.22. The smallest absolute Gasteiger partial charge is 0.156 e. The van der Waals surface area contributed by atoms with E-state index in [4.69, 9.17) is 4.84 Å². The quantitative estimate of drug-likeness (QED) is 0.772. The summed E-state index contributed by atoms with van der Waals surface area (Å²) in [6, 6.07) is 12.2. The van der Waals surface area contributed by atoms with Gasteiger partial charge in [-0.25, -0.2) is 15.0 Å². The van der Waals surface area contributed by atoms with Gasteiger partial charge in [0.1, 0.15) is 5.82 Å². The molecule has 0 spiro atoms. The van der Waals surface area contributed by atoms with Gasteiger partial charge >= 0.3 is 0 Å². The van der Waals surface area contributed by atoms with Gasteiger partial charge in [-0.15, -0.1) is 0 Å². The molecule has 0 fully saturated rings. The summed E-state index contributed by atoms with van der Waals surface area (Å²) in [6.45, 7) is 4.65.